The lowest BCUT2D eigenvalue weighted by Gasteiger charge is -2.42. The van der Waals surface area contributed by atoms with Gasteiger partial charge in [0.05, 0.1) is 19.1 Å². The van der Waals surface area contributed by atoms with Crippen LogP contribution in [0, 0.1) is 0 Å². The van der Waals surface area contributed by atoms with Gasteiger partial charge in [-0.1, -0.05) is 24.3 Å². The van der Waals surface area contributed by atoms with E-state index in [1.54, 1.807) is 12.1 Å². The molecule has 3 aliphatic rings. The van der Waals surface area contributed by atoms with E-state index in [2.05, 4.69) is 4.90 Å². The molecule has 0 N–H and O–H groups in total. The van der Waals surface area contributed by atoms with E-state index in [1.165, 1.54) is 12.1 Å². The molecule has 2 atom stereocenters. The monoisotopic (exact) mass is 354 g/mol. The molecule has 3 heterocycles. The average molecular weight is 354 g/mol. The number of amides is 1. The van der Waals surface area contributed by atoms with E-state index in [4.69, 9.17) is 4.74 Å². The molecular weight excluding hydrogens is 333 g/mol. The Morgan fingerprint density at radius 1 is 1.16 bits per heavy atom. The molecule has 7 heteroatoms. The summed E-state index contributed by atoms with van der Waals surface area (Å²) in [6.07, 6.45) is -2.95. The van der Waals surface area contributed by atoms with Crippen LogP contribution in [-0.2, 0) is 22.5 Å². The molecule has 1 amide bonds. The highest BCUT2D eigenvalue weighted by Gasteiger charge is 2.60. The highest BCUT2D eigenvalue weighted by Crippen LogP contribution is 2.45. The largest absolute Gasteiger partial charge is 0.393 e. The number of hydrogen-bond acceptors (Lipinski definition) is 3. The van der Waals surface area contributed by atoms with Crippen LogP contribution in [0.3, 0.4) is 0 Å². The first kappa shape index (κ1) is 16.8. The Hall–Kier alpha value is -1.60. The van der Waals surface area contributed by atoms with E-state index in [-0.39, 0.29) is 17.5 Å². The molecule has 3 fully saturated rings. The van der Waals surface area contributed by atoms with Gasteiger partial charge in [-0.3, -0.25) is 9.69 Å². The van der Waals surface area contributed by atoms with Gasteiger partial charge in [0.15, 0.2) is 5.72 Å². The zero-order valence-electron chi connectivity index (χ0n) is 13.9. The van der Waals surface area contributed by atoms with Crippen molar-refractivity contribution in [2.24, 2.45) is 0 Å². The normalized spacial score (nSPS) is 29.8. The summed E-state index contributed by atoms with van der Waals surface area (Å²) in [5.41, 5.74) is 0.752. The number of carbonyl (C=O) groups is 1. The number of carbonyl (C=O) groups excluding carboxylic acids is 1. The molecule has 136 valence electrons. The number of hydrogen-bond donors (Lipinski definition) is 0. The van der Waals surface area contributed by atoms with Crippen molar-refractivity contribution >= 4 is 5.91 Å². The minimum absolute atomic E-state index is 0.0372. The number of likely N-dealkylation sites (tertiary alicyclic amines) is 1. The topological polar surface area (TPSA) is 32.8 Å². The second-order valence-corrected chi connectivity index (χ2v) is 7.14. The van der Waals surface area contributed by atoms with Crippen LogP contribution >= 0.6 is 0 Å². The fourth-order valence-corrected chi connectivity index (χ4v) is 4.45. The second-order valence-electron chi connectivity index (χ2n) is 7.14. The van der Waals surface area contributed by atoms with Crippen molar-refractivity contribution in [1.82, 2.24) is 9.80 Å². The third-order valence-electron chi connectivity index (χ3n) is 5.54. The van der Waals surface area contributed by atoms with Crippen molar-refractivity contribution in [2.75, 3.05) is 19.7 Å². The van der Waals surface area contributed by atoms with Gasteiger partial charge in [-0.05, 0) is 17.5 Å². The van der Waals surface area contributed by atoms with Gasteiger partial charge in [-0.15, -0.1) is 0 Å². The summed E-state index contributed by atoms with van der Waals surface area (Å²) < 4.78 is 43.4. The quantitative estimate of drug-likeness (QED) is 0.837. The van der Waals surface area contributed by atoms with Crippen LogP contribution in [0.25, 0.3) is 0 Å². The maximum absolute atomic E-state index is 12.5. The van der Waals surface area contributed by atoms with Crippen LogP contribution in [0.4, 0.5) is 13.2 Å². The zero-order valence-corrected chi connectivity index (χ0v) is 13.9. The number of halogens is 3. The Morgan fingerprint density at radius 2 is 1.88 bits per heavy atom. The number of ether oxygens (including phenoxy) is 1. The van der Waals surface area contributed by atoms with E-state index >= 15 is 0 Å². The molecule has 3 aliphatic heterocycles. The second kappa shape index (κ2) is 5.99. The van der Waals surface area contributed by atoms with E-state index < -0.39 is 18.3 Å². The Labute approximate surface area is 144 Å². The minimum atomic E-state index is -4.19. The molecular formula is C18H21F3N2O2. The van der Waals surface area contributed by atoms with Crippen molar-refractivity contribution < 1.29 is 22.7 Å². The highest BCUT2D eigenvalue weighted by molar-refractivity contribution is 5.81. The fourth-order valence-electron chi connectivity index (χ4n) is 4.45. The Kier molecular flexibility index (Phi) is 4.03. The molecule has 1 spiro atoms. The summed E-state index contributed by atoms with van der Waals surface area (Å²) in [5, 5.41) is 0. The summed E-state index contributed by atoms with van der Waals surface area (Å²) in [6, 6.07) is 6.62. The fraction of sp³-hybridized carbons (Fsp3) is 0.611. The van der Waals surface area contributed by atoms with E-state index in [0.29, 0.717) is 19.6 Å². The Morgan fingerprint density at radius 3 is 2.60 bits per heavy atom. The summed E-state index contributed by atoms with van der Waals surface area (Å²) in [5.74, 6) is 0.148. The first-order chi connectivity index (χ1) is 11.9. The van der Waals surface area contributed by atoms with Gasteiger partial charge in [0.2, 0.25) is 5.91 Å². The number of nitrogens with zero attached hydrogens (tertiary/aromatic N) is 2. The van der Waals surface area contributed by atoms with Gasteiger partial charge in [-0.2, -0.15) is 13.2 Å². The minimum Gasteiger partial charge on any atom is -0.354 e. The van der Waals surface area contributed by atoms with Gasteiger partial charge >= 0.3 is 6.18 Å². The van der Waals surface area contributed by atoms with E-state index in [0.717, 1.165) is 31.5 Å². The van der Waals surface area contributed by atoms with Crippen LogP contribution in [-0.4, -0.2) is 53.3 Å². The van der Waals surface area contributed by atoms with Crippen LogP contribution in [0.15, 0.2) is 24.3 Å². The molecule has 0 bridgehead atoms. The van der Waals surface area contributed by atoms with Gasteiger partial charge in [-0.25, -0.2) is 0 Å². The SMILES string of the molecule is O=C1C[C@H]2N(Cc3ccc(CC(F)(F)F)cc3)CC[C@]23OCCCN13. The van der Waals surface area contributed by atoms with Crippen LogP contribution in [0.5, 0.6) is 0 Å². The van der Waals surface area contributed by atoms with Crippen molar-refractivity contribution in [3.63, 3.8) is 0 Å². The first-order valence-electron chi connectivity index (χ1n) is 8.70. The molecule has 1 aromatic carbocycles. The molecule has 0 aliphatic carbocycles. The molecule has 0 radical (unpaired) electrons. The maximum atomic E-state index is 12.5. The van der Waals surface area contributed by atoms with Crippen molar-refractivity contribution in [1.29, 1.82) is 0 Å². The first-order valence-corrected chi connectivity index (χ1v) is 8.70. The average Bonchev–Trinajstić information content (AvgIpc) is 3.02. The van der Waals surface area contributed by atoms with Crippen LogP contribution in [0.2, 0.25) is 0 Å². The van der Waals surface area contributed by atoms with Gasteiger partial charge < -0.3 is 9.64 Å². The van der Waals surface area contributed by atoms with Crippen molar-refractivity contribution in [3.8, 4) is 0 Å². The van der Waals surface area contributed by atoms with Gasteiger partial charge in [0.25, 0.3) is 0 Å². The Bertz CT molecular complexity index is 661. The summed E-state index contributed by atoms with van der Waals surface area (Å²) >= 11 is 0. The molecule has 3 saturated heterocycles. The number of rotatable bonds is 3. The number of alkyl halides is 3. The molecule has 1 aromatic rings. The summed E-state index contributed by atoms with van der Waals surface area (Å²) in [4.78, 5) is 16.4. The van der Waals surface area contributed by atoms with Crippen molar-refractivity contribution in [3.05, 3.63) is 35.4 Å². The standard InChI is InChI=1S/C18H21F3N2O2/c19-18(20,21)11-13-2-4-14(5-3-13)12-22-8-6-17-15(22)10-16(24)23(17)7-1-9-25-17/h2-5,15H,1,6-12H2/t15-,17+/m1/s1. The lowest BCUT2D eigenvalue weighted by molar-refractivity contribution is -0.180. The third-order valence-corrected chi connectivity index (χ3v) is 5.54. The third kappa shape index (κ3) is 3.04. The summed E-state index contributed by atoms with van der Waals surface area (Å²) in [6.45, 7) is 2.90. The molecule has 4 rings (SSSR count). The smallest absolute Gasteiger partial charge is 0.354 e. The summed E-state index contributed by atoms with van der Waals surface area (Å²) in [7, 11) is 0. The number of benzene rings is 1. The highest BCUT2D eigenvalue weighted by atomic mass is 19.4. The van der Waals surface area contributed by atoms with Gasteiger partial charge in [0.1, 0.15) is 0 Å². The lowest BCUT2D eigenvalue weighted by atomic mass is 10.0. The van der Waals surface area contributed by atoms with Crippen LogP contribution < -0.4 is 0 Å². The predicted octanol–water partition coefficient (Wildman–Crippen LogP) is 2.71. The molecule has 25 heavy (non-hydrogen) atoms. The lowest BCUT2D eigenvalue weighted by Crippen LogP contribution is -2.56. The maximum Gasteiger partial charge on any atom is 0.393 e. The molecule has 0 unspecified atom stereocenters. The molecule has 0 saturated carbocycles. The molecule has 0 aromatic heterocycles. The predicted molar refractivity (Wildman–Crippen MR) is 84.6 cm³/mol. The Balaban J connectivity index is 1.46. The van der Waals surface area contributed by atoms with Crippen molar-refractivity contribution in [2.45, 2.75) is 50.2 Å². The van der Waals surface area contributed by atoms with E-state index in [1.807, 2.05) is 4.90 Å². The van der Waals surface area contributed by atoms with Crippen LogP contribution in [0.1, 0.15) is 30.4 Å². The zero-order chi connectivity index (χ0) is 17.7. The van der Waals surface area contributed by atoms with E-state index in [9.17, 15) is 18.0 Å². The molecule has 4 nitrogen and oxygen atoms in total. The van der Waals surface area contributed by atoms with Gasteiger partial charge in [0, 0.05) is 32.5 Å².